The molecule has 0 amide bonds. The highest BCUT2D eigenvalue weighted by Crippen LogP contribution is 2.22. The van der Waals surface area contributed by atoms with Gasteiger partial charge in [0.05, 0.1) is 22.2 Å². The molecule has 0 saturated heterocycles. The molecule has 0 bridgehead atoms. The van der Waals surface area contributed by atoms with Gasteiger partial charge in [-0.15, -0.1) is 0 Å². The molecule has 0 atom stereocenters. The maximum absolute atomic E-state index is 12.4. The Morgan fingerprint density at radius 2 is 1.75 bits per heavy atom. The number of hydrogen-bond donors (Lipinski definition) is 1. The minimum atomic E-state index is -3.65. The van der Waals surface area contributed by atoms with E-state index >= 15 is 0 Å². The van der Waals surface area contributed by atoms with Crippen molar-refractivity contribution in [1.82, 2.24) is 0 Å². The summed E-state index contributed by atoms with van der Waals surface area (Å²) in [6, 6.07) is 13.7. The predicted octanol–water partition coefficient (Wildman–Crippen LogP) is 2.98. The van der Waals surface area contributed by atoms with Crippen molar-refractivity contribution in [1.29, 1.82) is 5.26 Å². The Morgan fingerprint density at radius 1 is 1.05 bits per heavy atom. The van der Waals surface area contributed by atoms with E-state index in [1.807, 2.05) is 6.07 Å². The lowest BCUT2D eigenvalue weighted by molar-refractivity contribution is 0.600. The third kappa shape index (κ3) is 2.81. The molecule has 4 nitrogen and oxygen atoms in total. The van der Waals surface area contributed by atoms with Crippen LogP contribution in [0.15, 0.2) is 47.4 Å². The van der Waals surface area contributed by atoms with E-state index in [0.29, 0.717) is 16.8 Å². The van der Waals surface area contributed by atoms with Crippen molar-refractivity contribution in [2.45, 2.75) is 18.7 Å². The second-order valence-electron chi connectivity index (χ2n) is 4.51. The van der Waals surface area contributed by atoms with E-state index in [1.165, 1.54) is 6.07 Å². The number of aryl methyl sites for hydroxylation is 2. The van der Waals surface area contributed by atoms with Gasteiger partial charge in [-0.1, -0.05) is 24.3 Å². The Labute approximate surface area is 118 Å². The third-order valence-corrected chi connectivity index (χ3v) is 4.52. The molecule has 0 aliphatic carbocycles. The van der Waals surface area contributed by atoms with Crippen LogP contribution in [0.25, 0.3) is 0 Å². The highest BCUT2D eigenvalue weighted by molar-refractivity contribution is 7.92. The summed E-state index contributed by atoms with van der Waals surface area (Å²) in [5, 5.41) is 8.89. The molecular weight excluding hydrogens is 272 g/mol. The van der Waals surface area contributed by atoms with Gasteiger partial charge in [0.25, 0.3) is 10.0 Å². The van der Waals surface area contributed by atoms with Crippen LogP contribution in [0.3, 0.4) is 0 Å². The number of benzene rings is 2. The van der Waals surface area contributed by atoms with Crippen LogP contribution in [0.5, 0.6) is 0 Å². The van der Waals surface area contributed by atoms with Crippen molar-refractivity contribution in [3.05, 3.63) is 59.2 Å². The molecule has 20 heavy (non-hydrogen) atoms. The zero-order chi connectivity index (χ0) is 14.8. The first kappa shape index (κ1) is 14.1. The lowest BCUT2D eigenvalue weighted by atomic mass is 10.1. The van der Waals surface area contributed by atoms with Gasteiger partial charge in [0.2, 0.25) is 0 Å². The molecule has 5 heteroatoms. The van der Waals surface area contributed by atoms with Crippen molar-refractivity contribution in [3.8, 4) is 6.07 Å². The van der Waals surface area contributed by atoms with Crippen LogP contribution in [0.1, 0.15) is 16.7 Å². The smallest absolute Gasteiger partial charge is 0.262 e. The molecule has 0 heterocycles. The van der Waals surface area contributed by atoms with Gasteiger partial charge in [-0.3, -0.25) is 4.72 Å². The van der Waals surface area contributed by atoms with Crippen LogP contribution in [-0.4, -0.2) is 8.42 Å². The minimum absolute atomic E-state index is 0.238. The van der Waals surface area contributed by atoms with E-state index in [2.05, 4.69) is 4.72 Å². The molecule has 2 rings (SSSR count). The molecule has 0 aromatic heterocycles. The fourth-order valence-electron chi connectivity index (χ4n) is 1.86. The molecule has 1 N–H and O–H groups in total. The van der Waals surface area contributed by atoms with E-state index in [4.69, 9.17) is 5.26 Å². The first-order valence-corrected chi connectivity index (χ1v) is 7.51. The average molecular weight is 286 g/mol. The second kappa shape index (κ2) is 5.35. The van der Waals surface area contributed by atoms with Gasteiger partial charge in [0.1, 0.15) is 0 Å². The zero-order valence-electron chi connectivity index (χ0n) is 11.2. The topological polar surface area (TPSA) is 70.0 Å². The Hall–Kier alpha value is -2.32. The lowest BCUT2D eigenvalue weighted by Crippen LogP contribution is -2.15. The molecule has 2 aromatic rings. The maximum atomic E-state index is 12.4. The van der Waals surface area contributed by atoms with Crippen LogP contribution in [0.2, 0.25) is 0 Å². The number of nitriles is 1. The first-order chi connectivity index (χ1) is 9.44. The Kier molecular flexibility index (Phi) is 3.77. The van der Waals surface area contributed by atoms with Gasteiger partial charge in [0, 0.05) is 0 Å². The fraction of sp³-hybridized carbons (Fsp3) is 0.133. The zero-order valence-corrected chi connectivity index (χ0v) is 12.0. The van der Waals surface area contributed by atoms with Gasteiger partial charge >= 0.3 is 0 Å². The van der Waals surface area contributed by atoms with Crippen molar-refractivity contribution in [2.24, 2.45) is 0 Å². The number of nitrogens with one attached hydrogen (secondary N) is 1. The SMILES string of the molecule is Cc1ccc(C#N)cc1NS(=O)(=O)c1ccccc1C. The Balaban J connectivity index is 2.44. The van der Waals surface area contributed by atoms with Crippen molar-refractivity contribution < 1.29 is 8.42 Å². The van der Waals surface area contributed by atoms with Crippen LogP contribution in [0.4, 0.5) is 5.69 Å². The molecule has 0 unspecified atom stereocenters. The molecule has 0 spiro atoms. The van der Waals surface area contributed by atoms with E-state index in [1.54, 1.807) is 50.2 Å². The summed E-state index contributed by atoms with van der Waals surface area (Å²) in [6.07, 6.45) is 0. The van der Waals surface area contributed by atoms with Gasteiger partial charge in [-0.25, -0.2) is 8.42 Å². The highest BCUT2D eigenvalue weighted by Gasteiger charge is 2.17. The highest BCUT2D eigenvalue weighted by atomic mass is 32.2. The molecule has 0 aliphatic rings. The number of anilines is 1. The number of hydrogen-bond acceptors (Lipinski definition) is 3. The van der Waals surface area contributed by atoms with Crippen molar-refractivity contribution in [2.75, 3.05) is 4.72 Å². The predicted molar refractivity (Wildman–Crippen MR) is 77.9 cm³/mol. The first-order valence-electron chi connectivity index (χ1n) is 6.03. The van der Waals surface area contributed by atoms with E-state index < -0.39 is 10.0 Å². The summed E-state index contributed by atoms with van der Waals surface area (Å²) in [4.78, 5) is 0.238. The largest absolute Gasteiger partial charge is 0.279 e. The lowest BCUT2D eigenvalue weighted by Gasteiger charge is -2.12. The van der Waals surface area contributed by atoms with Crippen LogP contribution in [0, 0.1) is 25.2 Å². The average Bonchev–Trinajstić information content (AvgIpc) is 2.41. The van der Waals surface area contributed by atoms with E-state index in [9.17, 15) is 8.42 Å². The number of nitrogens with zero attached hydrogens (tertiary/aromatic N) is 1. The number of sulfonamides is 1. The molecule has 0 fully saturated rings. The van der Waals surface area contributed by atoms with Crippen molar-refractivity contribution in [3.63, 3.8) is 0 Å². The van der Waals surface area contributed by atoms with E-state index in [0.717, 1.165) is 5.56 Å². The summed E-state index contributed by atoms with van der Waals surface area (Å²) in [5.74, 6) is 0. The summed E-state index contributed by atoms with van der Waals surface area (Å²) < 4.78 is 27.3. The maximum Gasteiger partial charge on any atom is 0.262 e. The quantitative estimate of drug-likeness (QED) is 0.943. The Bertz CT molecular complexity index is 790. The minimum Gasteiger partial charge on any atom is -0.279 e. The van der Waals surface area contributed by atoms with Crippen LogP contribution < -0.4 is 4.72 Å². The summed E-state index contributed by atoms with van der Waals surface area (Å²) in [5.41, 5.74) is 2.28. The van der Waals surface area contributed by atoms with Gasteiger partial charge in [-0.2, -0.15) is 5.26 Å². The summed E-state index contributed by atoms with van der Waals surface area (Å²) >= 11 is 0. The molecule has 0 aliphatic heterocycles. The molecule has 0 saturated carbocycles. The third-order valence-electron chi connectivity index (χ3n) is 2.99. The van der Waals surface area contributed by atoms with Gasteiger partial charge in [-0.05, 0) is 43.2 Å². The van der Waals surface area contributed by atoms with E-state index in [-0.39, 0.29) is 4.90 Å². The monoisotopic (exact) mass is 286 g/mol. The number of rotatable bonds is 3. The standard InChI is InChI=1S/C15H14N2O2S/c1-11-7-8-13(10-16)9-14(11)17-20(18,19)15-6-4-3-5-12(15)2/h3-9,17H,1-2H3. The molecular formula is C15H14N2O2S. The fourth-order valence-corrected chi connectivity index (χ4v) is 3.23. The normalized spacial score (nSPS) is 10.8. The molecule has 0 radical (unpaired) electrons. The molecule has 102 valence electrons. The van der Waals surface area contributed by atoms with Crippen molar-refractivity contribution >= 4 is 15.7 Å². The summed E-state index contributed by atoms with van der Waals surface area (Å²) in [7, 11) is -3.65. The van der Waals surface area contributed by atoms with Gasteiger partial charge < -0.3 is 0 Å². The van der Waals surface area contributed by atoms with Crippen LogP contribution >= 0.6 is 0 Å². The molecule has 2 aromatic carbocycles. The summed E-state index contributed by atoms with van der Waals surface area (Å²) in [6.45, 7) is 3.53. The van der Waals surface area contributed by atoms with Gasteiger partial charge in [0.15, 0.2) is 0 Å². The second-order valence-corrected chi connectivity index (χ2v) is 6.16. The Morgan fingerprint density at radius 3 is 2.40 bits per heavy atom. The van der Waals surface area contributed by atoms with Crippen LogP contribution in [-0.2, 0) is 10.0 Å².